The second-order valence-electron chi connectivity index (χ2n) is 4.76. The van der Waals surface area contributed by atoms with Crippen molar-refractivity contribution in [1.29, 1.82) is 0 Å². The zero-order valence-electron chi connectivity index (χ0n) is 10.5. The van der Waals surface area contributed by atoms with Crippen LogP contribution >= 0.6 is 15.9 Å². The molecule has 1 aromatic heterocycles. The molecule has 1 N–H and O–H groups in total. The molecule has 1 heterocycles. The molecule has 1 amide bonds. The standard InChI is InChI=1S/C12H17BrN2O2/c1-8-9(5-14-7-10(8)13)6-15-11(16)17-12(2,3)4/h5,7H,6H2,1-4H3,(H,15,16). The number of ether oxygens (including phenoxy) is 1. The summed E-state index contributed by atoms with van der Waals surface area (Å²) >= 11 is 3.40. The first-order valence-corrected chi connectivity index (χ1v) is 6.15. The summed E-state index contributed by atoms with van der Waals surface area (Å²) in [6, 6.07) is 0. The summed E-state index contributed by atoms with van der Waals surface area (Å²) in [5.74, 6) is 0. The van der Waals surface area contributed by atoms with Crippen molar-refractivity contribution in [2.45, 2.75) is 39.8 Å². The summed E-state index contributed by atoms with van der Waals surface area (Å²) in [7, 11) is 0. The molecule has 0 fully saturated rings. The maximum atomic E-state index is 11.5. The molecule has 0 aliphatic carbocycles. The molecular formula is C12H17BrN2O2. The van der Waals surface area contributed by atoms with Gasteiger partial charge in [-0.05, 0) is 54.8 Å². The SMILES string of the molecule is Cc1c(Br)cncc1CNC(=O)OC(C)(C)C. The number of rotatable bonds is 2. The Morgan fingerprint density at radius 3 is 2.71 bits per heavy atom. The number of nitrogens with one attached hydrogen (secondary N) is 1. The van der Waals surface area contributed by atoms with Crippen LogP contribution in [0.2, 0.25) is 0 Å². The lowest BCUT2D eigenvalue weighted by Crippen LogP contribution is -2.32. The number of amides is 1. The normalized spacial score (nSPS) is 11.1. The number of halogens is 1. The highest BCUT2D eigenvalue weighted by Crippen LogP contribution is 2.17. The Morgan fingerprint density at radius 2 is 2.12 bits per heavy atom. The van der Waals surface area contributed by atoms with E-state index in [1.165, 1.54) is 0 Å². The fourth-order valence-corrected chi connectivity index (χ4v) is 1.57. The van der Waals surface area contributed by atoms with E-state index in [1.807, 2.05) is 27.7 Å². The average Bonchev–Trinajstić information content (AvgIpc) is 2.18. The monoisotopic (exact) mass is 300 g/mol. The Hall–Kier alpha value is -1.10. The van der Waals surface area contributed by atoms with Crippen molar-refractivity contribution in [3.8, 4) is 0 Å². The van der Waals surface area contributed by atoms with Crippen molar-refractivity contribution in [1.82, 2.24) is 10.3 Å². The Kier molecular flexibility index (Phi) is 4.51. The minimum Gasteiger partial charge on any atom is -0.444 e. The van der Waals surface area contributed by atoms with Gasteiger partial charge in [0.1, 0.15) is 5.60 Å². The van der Waals surface area contributed by atoms with E-state index in [0.717, 1.165) is 15.6 Å². The van der Waals surface area contributed by atoms with Crippen molar-refractivity contribution in [2.75, 3.05) is 0 Å². The molecule has 0 saturated carbocycles. The first kappa shape index (κ1) is 14.0. The predicted octanol–water partition coefficient (Wildman–Crippen LogP) is 3.18. The molecule has 1 rings (SSSR count). The van der Waals surface area contributed by atoms with E-state index in [9.17, 15) is 4.79 Å². The van der Waals surface area contributed by atoms with E-state index in [2.05, 4.69) is 26.2 Å². The van der Waals surface area contributed by atoms with Gasteiger partial charge in [-0.3, -0.25) is 4.98 Å². The Morgan fingerprint density at radius 1 is 1.47 bits per heavy atom. The van der Waals surface area contributed by atoms with Crippen molar-refractivity contribution in [2.24, 2.45) is 0 Å². The van der Waals surface area contributed by atoms with E-state index in [4.69, 9.17) is 4.74 Å². The third-order valence-electron chi connectivity index (χ3n) is 2.08. The third kappa shape index (κ3) is 4.73. The number of nitrogens with zero attached hydrogens (tertiary/aromatic N) is 1. The summed E-state index contributed by atoms with van der Waals surface area (Å²) in [5.41, 5.74) is 1.55. The number of carbonyl (C=O) groups is 1. The Bertz CT molecular complexity index is 413. The van der Waals surface area contributed by atoms with E-state index in [1.54, 1.807) is 12.4 Å². The molecule has 0 aliphatic heterocycles. The molecule has 4 nitrogen and oxygen atoms in total. The molecule has 0 aliphatic rings. The van der Waals surface area contributed by atoms with Gasteiger partial charge in [-0.15, -0.1) is 0 Å². The van der Waals surface area contributed by atoms with Crippen LogP contribution in [0.1, 0.15) is 31.9 Å². The van der Waals surface area contributed by atoms with Gasteiger partial charge < -0.3 is 10.1 Å². The smallest absolute Gasteiger partial charge is 0.407 e. The molecule has 1 aromatic rings. The first-order valence-electron chi connectivity index (χ1n) is 5.35. The fraction of sp³-hybridized carbons (Fsp3) is 0.500. The lowest BCUT2D eigenvalue weighted by Gasteiger charge is -2.19. The van der Waals surface area contributed by atoms with Crippen molar-refractivity contribution < 1.29 is 9.53 Å². The largest absolute Gasteiger partial charge is 0.444 e. The van der Waals surface area contributed by atoms with Crippen LogP contribution in [-0.4, -0.2) is 16.7 Å². The van der Waals surface area contributed by atoms with Crippen LogP contribution in [-0.2, 0) is 11.3 Å². The second-order valence-corrected chi connectivity index (χ2v) is 5.62. The Labute approximate surface area is 110 Å². The average molecular weight is 301 g/mol. The maximum Gasteiger partial charge on any atom is 0.407 e. The van der Waals surface area contributed by atoms with Crippen molar-refractivity contribution >= 4 is 22.0 Å². The van der Waals surface area contributed by atoms with Gasteiger partial charge in [-0.1, -0.05) is 0 Å². The van der Waals surface area contributed by atoms with Crippen LogP contribution in [0.5, 0.6) is 0 Å². The lowest BCUT2D eigenvalue weighted by atomic mass is 10.1. The lowest BCUT2D eigenvalue weighted by molar-refractivity contribution is 0.0523. The predicted molar refractivity (Wildman–Crippen MR) is 69.7 cm³/mol. The summed E-state index contributed by atoms with van der Waals surface area (Å²) in [6.07, 6.45) is 3.04. The minimum atomic E-state index is -0.478. The Balaban J connectivity index is 2.56. The van der Waals surface area contributed by atoms with Crippen LogP contribution in [0.4, 0.5) is 4.79 Å². The van der Waals surface area contributed by atoms with Crippen molar-refractivity contribution in [3.63, 3.8) is 0 Å². The molecule has 0 radical (unpaired) electrons. The van der Waals surface area contributed by atoms with E-state index >= 15 is 0 Å². The number of alkyl carbamates (subject to hydrolysis) is 1. The molecule has 0 unspecified atom stereocenters. The molecule has 17 heavy (non-hydrogen) atoms. The number of hydrogen-bond acceptors (Lipinski definition) is 3. The number of carbonyl (C=O) groups excluding carboxylic acids is 1. The van der Waals surface area contributed by atoms with Gasteiger partial charge in [0.2, 0.25) is 0 Å². The van der Waals surface area contributed by atoms with E-state index in [0.29, 0.717) is 6.54 Å². The molecule has 0 atom stereocenters. The van der Waals surface area contributed by atoms with Crippen LogP contribution < -0.4 is 5.32 Å². The zero-order valence-corrected chi connectivity index (χ0v) is 12.1. The molecule has 94 valence electrons. The zero-order chi connectivity index (χ0) is 13.1. The molecule has 0 aromatic carbocycles. The van der Waals surface area contributed by atoms with E-state index in [-0.39, 0.29) is 0 Å². The van der Waals surface area contributed by atoms with Crippen LogP contribution in [0.15, 0.2) is 16.9 Å². The highest BCUT2D eigenvalue weighted by atomic mass is 79.9. The van der Waals surface area contributed by atoms with Gasteiger partial charge in [0.25, 0.3) is 0 Å². The van der Waals surface area contributed by atoms with Gasteiger partial charge in [-0.25, -0.2) is 4.79 Å². The molecule has 0 bridgehead atoms. The van der Waals surface area contributed by atoms with Crippen LogP contribution in [0.3, 0.4) is 0 Å². The molecule has 0 saturated heterocycles. The van der Waals surface area contributed by atoms with Gasteiger partial charge in [0.05, 0.1) is 0 Å². The number of hydrogen-bond donors (Lipinski definition) is 1. The highest BCUT2D eigenvalue weighted by molar-refractivity contribution is 9.10. The van der Waals surface area contributed by atoms with Crippen LogP contribution in [0.25, 0.3) is 0 Å². The maximum absolute atomic E-state index is 11.5. The number of pyridine rings is 1. The van der Waals surface area contributed by atoms with Gasteiger partial charge in [0, 0.05) is 23.4 Å². The van der Waals surface area contributed by atoms with Gasteiger partial charge >= 0.3 is 6.09 Å². The molecular weight excluding hydrogens is 284 g/mol. The summed E-state index contributed by atoms with van der Waals surface area (Å²) < 4.78 is 6.08. The molecule has 5 heteroatoms. The van der Waals surface area contributed by atoms with E-state index < -0.39 is 11.7 Å². The highest BCUT2D eigenvalue weighted by Gasteiger charge is 2.16. The third-order valence-corrected chi connectivity index (χ3v) is 2.88. The topological polar surface area (TPSA) is 51.2 Å². The minimum absolute atomic E-state index is 0.410. The summed E-state index contributed by atoms with van der Waals surface area (Å²) in [5, 5.41) is 2.70. The van der Waals surface area contributed by atoms with Gasteiger partial charge in [0.15, 0.2) is 0 Å². The van der Waals surface area contributed by atoms with Crippen LogP contribution in [0, 0.1) is 6.92 Å². The van der Waals surface area contributed by atoms with Gasteiger partial charge in [-0.2, -0.15) is 0 Å². The first-order chi connectivity index (χ1) is 7.79. The summed E-state index contributed by atoms with van der Waals surface area (Å²) in [6.45, 7) is 7.88. The summed E-state index contributed by atoms with van der Waals surface area (Å²) in [4.78, 5) is 15.5. The quantitative estimate of drug-likeness (QED) is 0.912. The van der Waals surface area contributed by atoms with Crippen molar-refractivity contribution in [3.05, 3.63) is 28.0 Å². The molecule has 0 spiro atoms. The number of aromatic nitrogens is 1. The second kappa shape index (κ2) is 5.49. The fourth-order valence-electron chi connectivity index (χ4n) is 1.20.